The number of carbonyl (C=O) groups is 1. The Balaban J connectivity index is 2.71. The SMILES string of the molecule is Nc1cc(C(F)(F)F)cc(C(F)(F)F)c1C(=O)n1ccnc1. The number of alkyl halides is 6. The predicted molar refractivity (Wildman–Crippen MR) is 62.8 cm³/mol. The average molecular weight is 323 g/mol. The van der Waals surface area contributed by atoms with Crippen molar-refractivity contribution in [3.05, 3.63) is 47.5 Å². The molecule has 0 unspecified atom stereocenters. The normalized spacial score (nSPS) is 12.5. The van der Waals surface area contributed by atoms with Gasteiger partial charge in [-0.25, -0.2) is 4.98 Å². The van der Waals surface area contributed by atoms with E-state index in [1.165, 1.54) is 0 Å². The van der Waals surface area contributed by atoms with E-state index in [9.17, 15) is 31.1 Å². The minimum absolute atomic E-state index is 0.138. The first-order valence-corrected chi connectivity index (χ1v) is 5.62. The zero-order valence-electron chi connectivity index (χ0n) is 10.5. The van der Waals surface area contributed by atoms with Gasteiger partial charge in [0.05, 0.1) is 16.7 Å². The molecule has 4 nitrogen and oxygen atoms in total. The number of aromatic nitrogens is 2. The number of nitrogens with zero attached hydrogens (tertiary/aromatic N) is 2. The predicted octanol–water partition coefficient (Wildman–Crippen LogP) is 3.19. The molecule has 0 saturated heterocycles. The van der Waals surface area contributed by atoms with Gasteiger partial charge in [0.25, 0.3) is 5.91 Å². The average Bonchev–Trinajstić information content (AvgIpc) is 2.88. The Morgan fingerprint density at radius 3 is 2.18 bits per heavy atom. The first-order chi connectivity index (χ1) is 10.0. The minimum Gasteiger partial charge on any atom is -0.398 e. The van der Waals surface area contributed by atoms with Gasteiger partial charge in [-0.15, -0.1) is 0 Å². The van der Waals surface area contributed by atoms with Crippen molar-refractivity contribution in [2.75, 3.05) is 5.73 Å². The highest BCUT2D eigenvalue weighted by Crippen LogP contribution is 2.40. The number of nitrogen functional groups attached to an aromatic ring is 1. The molecule has 0 aliphatic carbocycles. The van der Waals surface area contributed by atoms with E-state index in [1.54, 1.807) is 0 Å². The van der Waals surface area contributed by atoms with Gasteiger partial charge in [-0.1, -0.05) is 0 Å². The van der Waals surface area contributed by atoms with Crippen LogP contribution in [0.3, 0.4) is 0 Å². The van der Waals surface area contributed by atoms with Gasteiger partial charge < -0.3 is 5.73 Å². The molecule has 22 heavy (non-hydrogen) atoms. The van der Waals surface area contributed by atoms with E-state index in [0.717, 1.165) is 18.7 Å². The lowest BCUT2D eigenvalue weighted by molar-refractivity contribution is -0.143. The van der Waals surface area contributed by atoms with Gasteiger partial charge in [0, 0.05) is 18.1 Å². The summed E-state index contributed by atoms with van der Waals surface area (Å²) in [6, 6.07) is 0.153. The van der Waals surface area contributed by atoms with Crippen LogP contribution in [0.25, 0.3) is 0 Å². The second kappa shape index (κ2) is 5.04. The number of nitrogens with two attached hydrogens (primary N) is 1. The number of carbonyl (C=O) groups excluding carboxylic acids is 1. The number of hydrogen-bond acceptors (Lipinski definition) is 3. The third-order valence-electron chi connectivity index (χ3n) is 2.75. The van der Waals surface area contributed by atoms with Crippen molar-refractivity contribution >= 4 is 11.6 Å². The maximum Gasteiger partial charge on any atom is 0.417 e. The third kappa shape index (κ3) is 2.90. The van der Waals surface area contributed by atoms with Gasteiger partial charge in [-0.2, -0.15) is 26.3 Å². The lowest BCUT2D eigenvalue weighted by Crippen LogP contribution is -2.21. The maximum absolute atomic E-state index is 13.0. The van der Waals surface area contributed by atoms with E-state index in [1.807, 2.05) is 0 Å². The monoisotopic (exact) mass is 323 g/mol. The Morgan fingerprint density at radius 1 is 1.09 bits per heavy atom. The fourth-order valence-corrected chi connectivity index (χ4v) is 1.80. The number of halogens is 6. The molecule has 0 fully saturated rings. The fraction of sp³-hybridized carbons (Fsp3) is 0.167. The molecule has 2 rings (SSSR count). The first-order valence-electron chi connectivity index (χ1n) is 5.62. The first kappa shape index (κ1) is 15.9. The molecule has 0 radical (unpaired) electrons. The Bertz CT molecular complexity index is 703. The van der Waals surface area contributed by atoms with Gasteiger partial charge in [0.1, 0.15) is 6.33 Å². The van der Waals surface area contributed by atoms with Crippen molar-refractivity contribution in [2.24, 2.45) is 0 Å². The molecule has 0 amide bonds. The molecule has 1 aromatic heterocycles. The van der Waals surface area contributed by atoms with Crippen molar-refractivity contribution in [1.29, 1.82) is 0 Å². The molecule has 0 saturated carbocycles. The highest BCUT2D eigenvalue weighted by molar-refractivity contribution is 6.02. The molecule has 10 heteroatoms. The molecule has 1 aromatic carbocycles. The molecule has 2 aromatic rings. The maximum atomic E-state index is 13.0. The Morgan fingerprint density at radius 2 is 1.73 bits per heavy atom. The molecule has 2 N–H and O–H groups in total. The summed E-state index contributed by atoms with van der Waals surface area (Å²) in [6.07, 6.45) is -7.10. The lowest BCUT2D eigenvalue weighted by atomic mass is 10.00. The standard InChI is InChI=1S/C12H7F6N3O/c13-11(14,15)6-3-7(12(16,17)18)9(8(19)4-6)10(22)21-2-1-20-5-21/h1-5H,19H2. The van der Waals surface area contributed by atoms with Gasteiger partial charge in [-0.05, 0) is 12.1 Å². The molecular formula is C12H7F6N3O. The van der Waals surface area contributed by atoms with Crippen molar-refractivity contribution in [2.45, 2.75) is 12.4 Å². The molecule has 0 aliphatic rings. The topological polar surface area (TPSA) is 60.9 Å². The lowest BCUT2D eigenvalue weighted by Gasteiger charge is -2.17. The van der Waals surface area contributed by atoms with E-state index in [4.69, 9.17) is 5.73 Å². The van der Waals surface area contributed by atoms with Crippen molar-refractivity contribution in [3.8, 4) is 0 Å². The van der Waals surface area contributed by atoms with Crippen LogP contribution in [-0.4, -0.2) is 15.5 Å². The van der Waals surface area contributed by atoms with Crippen LogP contribution in [0.5, 0.6) is 0 Å². The van der Waals surface area contributed by atoms with Crippen LogP contribution in [0.1, 0.15) is 21.5 Å². The van der Waals surface area contributed by atoms with Crippen LogP contribution >= 0.6 is 0 Å². The zero-order valence-corrected chi connectivity index (χ0v) is 10.5. The highest BCUT2D eigenvalue weighted by atomic mass is 19.4. The van der Waals surface area contributed by atoms with Crippen LogP contribution in [0.15, 0.2) is 30.9 Å². The van der Waals surface area contributed by atoms with E-state index < -0.39 is 40.6 Å². The van der Waals surface area contributed by atoms with Gasteiger partial charge >= 0.3 is 12.4 Å². The summed E-state index contributed by atoms with van der Waals surface area (Å²) in [4.78, 5) is 15.5. The summed E-state index contributed by atoms with van der Waals surface area (Å²) >= 11 is 0. The second-order valence-electron chi connectivity index (χ2n) is 4.26. The smallest absolute Gasteiger partial charge is 0.398 e. The Hall–Kier alpha value is -2.52. The summed E-state index contributed by atoms with van der Waals surface area (Å²) in [5, 5.41) is 0. The summed E-state index contributed by atoms with van der Waals surface area (Å²) < 4.78 is 77.5. The van der Waals surface area contributed by atoms with E-state index in [0.29, 0.717) is 10.6 Å². The molecule has 0 bridgehead atoms. The van der Waals surface area contributed by atoms with Crippen molar-refractivity contribution < 1.29 is 31.1 Å². The number of benzene rings is 1. The van der Waals surface area contributed by atoms with Crippen LogP contribution in [-0.2, 0) is 12.4 Å². The largest absolute Gasteiger partial charge is 0.417 e. The van der Waals surface area contributed by atoms with Crippen molar-refractivity contribution in [3.63, 3.8) is 0 Å². The molecule has 118 valence electrons. The Kier molecular flexibility index (Phi) is 3.63. The van der Waals surface area contributed by atoms with E-state index >= 15 is 0 Å². The van der Waals surface area contributed by atoms with Crippen LogP contribution in [0.2, 0.25) is 0 Å². The molecular weight excluding hydrogens is 316 g/mol. The van der Waals surface area contributed by atoms with Crippen LogP contribution in [0.4, 0.5) is 32.0 Å². The van der Waals surface area contributed by atoms with Gasteiger partial charge in [0.2, 0.25) is 0 Å². The minimum atomic E-state index is -5.18. The molecule has 0 spiro atoms. The summed E-state index contributed by atoms with van der Waals surface area (Å²) in [6.45, 7) is 0. The van der Waals surface area contributed by atoms with Crippen LogP contribution < -0.4 is 5.73 Å². The fourth-order valence-electron chi connectivity index (χ4n) is 1.80. The molecule has 0 aliphatic heterocycles. The zero-order chi connectivity index (χ0) is 16.7. The van der Waals surface area contributed by atoms with E-state index in [-0.39, 0.29) is 6.07 Å². The summed E-state index contributed by atoms with van der Waals surface area (Å²) in [7, 11) is 0. The van der Waals surface area contributed by atoms with Gasteiger partial charge in [-0.3, -0.25) is 9.36 Å². The highest BCUT2D eigenvalue weighted by Gasteiger charge is 2.41. The third-order valence-corrected chi connectivity index (χ3v) is 2.75. The van der Waals surface area contributed by atoms with E-state index in [2.05, 4.69) is 4.98 Å². The van der Waals surface area contributed by atoms with Crippen LogP contribution in [0, 0.1) is 0 Å². The van der Waals surface area contributed by atoms with Gasteiger partial charge in [0.15, 0.2) is 0 Å². The number of imidazole rings is 1. The number of rotatable bonds is 1. The Labute approximate surface area is 119 Å². The number of hydrogen-bond donors (Lipinski definition) is 1. The molecule has 1 heterocycles. The summed E-state index contributed by atoms with van der Waals surface area (Å²) in [5.74, 6) is -1.23. The molecule has 0 atom stereocenters. The van der Waals surface area contributed by atoms with Crippen molar-refractivity contribution in [1.82, 2.24) is 9.55 Å². The quantitative estimate of drug-likeness (QED) is 0.648. The number of anilines is 1. The second-order valence-corrected chi connectivity index (χ2v) is 4.26. The summed E-state index contributed by atoms with van der Waals surface area (Å²) in [5.41, 5.74) is -0.0400.